The van der Waals surface area contributed by atoms with Crippen LogP contribution in [-0.4, -0.2) is 29.4 Å². The first-order chi connectivity index (χ1) is 11.5. The molecule has 2 rings (SSSR count). The number of carbonyl (C=O) groups excluding carboxylic acids is 1. The summed E-state index contributed by atoms with van der Waals surface area (Å²) in [6, 6.07) is 7.62. The summed E-state index contributed by atoms with van der Waals surface area (Å²) in [5, 5.41) is 7.27. The Kier molecular flexibility index (Phi) is 6.23. The Labute approximate surface area is 142 Å². The molecule has 2 aromatic rings. The van der Waals surface area contributed by atoms with Crippen LogP contribution in [0.25, 0.3) is 0 Å². The van der Waals surface area contributed by atoms with Crippen LogP contribution in [0.4, 0.5) is 0 Å². The van der Waals surface area contributed by atoms with Crippen molar-refractivity contribution in [2.75, 3.05) is 13.7 Å². The summed E-state index contributed by atoms with van der Waals surface area (Å²) in [5.41, 5.74) is 1.91. The smallest absolute Gasteiger partial charge is 0.222 e. The predicted octanol–water partition coefficient (Wildman–Crippen LogP) is 2.87. The van der Waals surface area contributed by atoms with Gasteiger partial charge in [0, 0.05) is 19.2 Å². The minimum absolute atomic E-state index is 0.0106. The molecular formula is C18H25N3O3. The highest BCUT2D eigenvalue weighted by molar-refractivity contribution is 5.76. The lowest BCUT2D eigenvalue weighted by Gasteiger charge is -2.13. The maximum Gasteiger partial charge on any atom is 0.222 e. The number of ether oxygens (including phenoxy) is 2. The van der Waals surface area contributed by atoms with Crippen LogP contribution in [0.5, 0.6) is 11.5 Å². The third-order valence-electron chi connectivity index (χ3n) is 3.69. The van der Waals surface area contributed by atoms with E-state index >= 15 is 0 Å². The molecule has 6 heteroatoms. The summed E-state index contributed by atoms with van der Waals surface area (Å²) in [7, 11) is 1.61. The van der Waals surface area contributed by atoms with Crippen LogP contribution in [0.3, 0.4) is 0 Å². The molecule has 1 atom stereocenters. The second-order valence-corrected chi connectivity index (χ2v) is 5.69. The van der Waals surface area contributed by atoms with Crippen molar-refractivity contribution in [2.45, 2.75) is 39.8 Å². The third kappa shape index (κ3) is 4.75. The van der Waals surface area contributed by atoms with Crippen molar-refractivity contribution in [1.29, 1.82) is 0 Å². The summed E-state index contributed by atoms with van der Waals surface area (Å²) in [4.78, 5) is 12.1. The van der Waals surface area contributed by atoms with Gasteiger partial charge in [-0.3, -0.25) is 9.48 Å². The average Bonchev–Trinajstić information content (AvgIpc) is 3.00. The number of rotatable bonds is 8. The molecule has 0 aliphatic heterocycles. The molecule has 0 spiro atoms. The number of methoxy groups -OCH3 is 1. The minimum Gasteiger partial charge on any atom is -0.493 e. The fourth-order valence-corrected chi connectivity index (χ4v) is 2.41. The molecule has 0 aliphatic rings. The number of benzene rings is 1. The number of nitrogens with zero attached hydrogens (tertiary/aromatic N) is 2. The molecule has 0 saturated carbocycles. The van der Waals surface area contributed by atoms with Crippen LogP contribution in [0.2, 0.25) is 0 Å². The molecule has 130 valence electrons. The van der Waals surface area contributed by atoms with Crippen LogP contribution in [-0.2, 0) is 11.3 Å². The van der Waals surface area contributed by atoms with E-state index in [0.29, 0.717) is 31.1 Å². The lowest BCUT2D eigenvalue weighted by molar-refractivity contribution is -0.122. The lowest BCUT2D eigenvalue weighted by Crippen LogP contribution is -2.25. The van der Waals surface area contributed by atoms with Gasteiger partial charge in [0.05, 0.1) is 25.5 Å². The Bertz CT molecular complexity index is 682. The van der Waals surface area contributed by atoms with E-state index < -0.39 is 0 Å². The second-order valence-electron chi connectivity index (χ2n) is 5.69. The van der Waals surface area contributed by atoms with Crippen molar-refractivity contribution in [3.05, 3.63) is 41.7 Å². The lowest BCUT2D eigenvalue weighted by atomic mass is 10.2. The summed E-state index contributed by atoms with van der Waals surface area (Å²) < 4.78 is 12.6. The highest BCUT2D eigenvalue weighted by Gasteiger charge is 2.12. The average molecular weight is 331 g/mol. The number of aromatic nitrogens is 2. The highest BCUT2D eigenvalue weighted by Crippen LogP contribution is 2.28. The van der Waals surface area contributed by atoms with E-state index in [1.165, 1.54) is 0 Å². The number of nitrogens with one attached hydrogen (secondary N) is 1. The number of hydrogen-bond acceptors (Lipinski definition) is 4. The van der Waals surface area contributed by atoms with Crippen LogP contribution in [0.1, 0.15) is 37.6 Å². The van der Waals surface area contributed by atoms with Crippen molar-refractivity contribution in [3.63, 3.8) is 0 Å². The molecule has 1 amide bonds. The van der Waals surface area contributed by atoms with Gasteiger partial charge in [-0.05, 0) is 44.5 Å². The van der Waals surface area contributed by atoms with Crippen LogP contribution in [0.15, 0.2) is 30.5 Å². The molecular weight excluding hydrogens is 306 g/mol. The summed E-state index contributed by atoms with van der Waals surface area (Å²) in [6.45, 7) is 6.87. The van der Waals surface area contributed by atoms with E-state index in [-0.39, 0.29) is 11.9 Å². The van der Waals surface area contributed by atoms with E-state index in [4.69, 9.17) is 9.47 Å². The maximum absolute atomic E-state index is 12.1. The Morgan fingerprint density at radius 2 is 2.12 bits per heavy atom. The monoisotopic (exact) mass is 331 g/mol. The molecule has 1 N–H and O–H groups in total. The minimum atomic E-state index is -0.0106. The molecule has 0 radical (unpaired) electrons. The van der Waals surface area contributed by atoms with Crippen LogP contribution in [0, 0.1) is 6.92 Å². The van der Waals surface area contributed by atoms with Crippen molar-refractivity contribution < 1.29 is 14.3 Å². The first-order valence-electron chi connectivity index (χ1n) is 8.11. The number of carbonyl (C=O) groups is 1. The van der Waals surface area contributed by atoms with Gasteiger partial charge in [-0.2, -0.15) is 5.10 Å². The van der Waals surface area contributed by atoms with Gasteiger partial charge in [-0.15, -0.1) is 0 Å². The van der Waals surface area contributed by atoms with Crippen molar-refractivity contribution in [1.82, 2.24) is 15.1 Å². The highest BCUT2D eigenvalue weighted by atomic mass is 16.5. The molecule has 0 fully saturated rings. The van der Waals surface area contributed by atoms with Gasteiger partial charge in [-0.1, -0.05) is 6.07 Å². The van der Waals surface area contributed by atoms with Gasteiger partial charge in [0.25, 0.3) is 0 Å². The normalized spacial score (nSPS) is 11.8. The van der Waals surface area contributed by atoms with E-state index in [0.717, 1.165) is 11.3 Å². The summed E-state index contributed by atoms with van der Waals surface area (Å²) >= 11 is 0. The standard InChI is InChI=1S/C18H25N3O3/c1-5-24-16-7-6-15(11-17(16)23-4)12-19-18(22)10-14(3)21-9-8-13(2)20-21/h6-9,11,14H,5,10,12H2,1-4H3,(H,19,22)/t14-/m1/s1. The quantitative estimate of drug-likeness (QED) is 0.808. The number of aryl methyl sites for hydroxylation is 1. The van der Waals surface area contributed by atoms with Gasteiger partial charge in [0.1, 0.15) is 0 Å². The van der Waals surface area contributed by atoms with Gasteiger partial charge in [0.2, 0.25) is 5.91 Å². The fourth-order valence-electron chi connectivity index (χ4n) is 2.41. The summed E-state index contributed by atoms with van der Waals surface area (Å²) in [5.74, 6) is 1.37. The van der Waals surface area contributed by atoms with Crippen molar-refractivity contribution in [2.24, 2.45) is 0 Å². The van der Waals surface area contributed by atoms with Gasteiger partial charge in [-0.25, -0.2) is 0 Å². The zero-order valence-electron chi connectivity index (χ0n) is 14.7. The molecule has 0 bridgehead atoms. The third-order valence-corrected chi connectivity index (χ3v) is 3.69. The number of amides is 1. The second kappa shape index (κ2) is 8.38. The predicted molar refractivity (Wildman–Crippen MR) is 92.3 cm³/mol. The molecule has 6 nitrogen and oxygen atoms in total. The molecule has 1 aromatic heterocycles. The zero-order chi connectivity index (χ0) is 17.5. The Morgan fingerprint density at radius 3 is 2.75 bits per heavy atom. The summed E-state index contributed by atoms with van der Waals surface area (Å²) in [6.07, 6.45) is 2.28. The van der Waals surface area contributed by atoms with E-state index in [1.807, 2.05) is 55.9 Å². The largest absolute Gasteiger partial charge is 0.493 e. The van der Waals surface area contributed by atoms with Crippen molar-refractivity contribution in [3.8, 4) is 11.5 Å². The first kappa shape index (κ1) is 17.8. The Morgan fingerprint density at radius 1 is 1.33 bits per heavy atom. The molecule has 0 aliphatic carbocycles. The van der Waals surface area contributed by atoms with Crippen LogP contribution < -0.4 is 14.8 Å². The van der Waals surface area contributed by atoms with Gasteiger partial charge < -0.3 is 14.8 Å². The zero-order valence-corrected chi connectivity index (χ0v) is 14.7. The molecule has 1 heterocycles. The van der Waals surface area contributed by atoms with Gasteiger partial charge >= 0.3 is 0 Å². The van der Waals surface area contributed by atoms with E-state index in [9.17, 15) is 4.79 Å². The SMILES string of the molecule is CCOc1ccc(CNC(=O)C[C@@H](C)n2ccc(C)n2)cc1OC. The first-order valence-corrected chi connectivity index (χ1v) is 8.11. The Hall–Kier alpha value is -2.50. The van der Waals surface area contributed by atoms with Crippen LogP contribution >= 0.6 is 0 Å². The Balaban J connectivity index is 1.89. The maximum atomic E-state index is 12.1. The topological polar surface area (TPSA) is 65.4 Å². The number of hydrogen-bond donors (Lipinski definition) is 1. The molecule has 1 aromatic carbocycles. The molecule has 0 saturated heterocycles. The van der Waals surface area contributed by atoms with E-state index in [1.54, 1.807) is 7.11 Å². The van der Waals surface area contributed by atoms with Crippen molar-refractivity contribution >= 4 is 5.91 Å². The molecule has 0 unspecified atom stereocenters. The van der Waals surface area contributed by atoms with E-state index in [2.05, 4.69) is 10.4 Å². The molecule has 24 heavy (non-hydrogen) atoms. The fraction of sp³-hybridized carbons (Fsp3) is 0.444. The van der Waals surface area contributed by atoms with Gasteiger partial charge in [0.15, 0.2) is 11.5 Å².